The molecule has 0 N–H and O–H groups in total. The van der Waals surface area contributed by atoms with Gasteiger partial charge in [0.25, 0.3) is 0 Å². The standard InChI is InChI=1S/C53H35BN2O2/c1-30-21-31(2)52(32(3)22-30)54-42-13-10-16-46-53(42)56(47-27-35-25-41-39-12-5-9-18-49(39)58-51(41)29-36(35)26-43(47)54)45-15-7-6-14-44(45)55(46)37-20-19-33-28-50-40(24-34(33)23-37)38-11-4-8-17-48(38)57-50/h4-29H,1-3H3. The first-order valence-corrected chi connectivity index (χ1v) is 20.1. The first-order valence-electron chi connectivity index (χ1n) is 20.1. The lowest BCUT2D eigenvalue weighted by atomic mass is 9.33. The van der Waals surface area contributed by atoms with Crippen molar-refractivity contribution in [1.29, 1.82) is 0 Å². The highest BCUT2D eigenvalue weighted by Crippen LogP contribution is 2.55. The molecule has 0 saturated carbocycles. The van der Waals surface area contributed by atoms with Crippen LogP contribution in [0.15, 0.2) is 167 Å². The molecule has 9 aromatic carbocycles. The molecule has 11 aromatic rings. The molecule has 4 heterocycles. The Morgan fingerprint density at radius 1 is 0.397 bits per heavy atom. The molecular weight excluding hydrogens is 707 g/mol. The Bertz CT molecular complexity index is 3570. The van der Waals surface area contributed by atoms with Crippen LogP contribution in [-0.4, -0.2) is 6.71 Å². The van der Waals surface area contributed by atoms with Gasteiger partial charge in [0.05, 0.1) is 22.7 Å². The third-order valence-electron chi connectivity index (χ3n) is 12.8. The molecule has 0 unspecified atom stereocenters. The van der Waals surface area contributed by atoms with Crippen LogP contribution in [0.2, 0.25) is 0 Å². The average molecular weight is 743 g/mol. The van der Waals surface area contributed by atoms with Gasteiger partial charge in [-0.05, 0) is 126 Å². The van der Waals surface area contributed by atoms with Gasteiger partial charge < -0.3 is 18.6 Å². The lowest BCUT2D eigenvalue weighted by molar-refractivity contribution is 0.669. The van der Waals surface area contributed by atoms with Crippen LogP contribution in [0.3, 0.4) is 0 Å². The first-order chi connectivity index (χ1) is 28.5. The number of anilines is 6. The van der Waals surface area contributed by atoms with Crippen LogP contribution < -0.4 is 26.2 Å². The maximum Gasteiger partial charge on any atom is 0.247 e. The number of para-hydroxylation sites is 5. The van der Waals surface area contributed by atoms with Crippen molar-refractivity contribution in [3.63, 3.8) is 0 Å². The average Bonchev–Trinajstić information content (AvgIpc) is 3.78. The van der Waals surface area contributed by atoms with Crippen LogP contribution in [0.5, 0.6) is 0 Å². The molecule has 13 rings (SSSR count). The van der Waals surface area contributed by atoms with E-state index in [9.17, 15) is 0 Å². The molecular formula is C53H35BN2O2. The van der Waals surface area contributed by atoms with Crippen molar-refractivity contribution in [2.75, 3.05) is 9.80 Å². The molecule has 0 bridgehead atoms. The minimum Gasteiger partial charge on any atom is -0.456 e. The molecule has 2 aliphatic heterocycles. The SMILES string of the molecule is Cc1cc(C)c(B2c3cc4cc5oc6ccccc6c5cc4cc3N3c4ccccc4N(c4ccc5cc6oc7ccccc7c6cc5c4)c4cccc2c43)c(C)c1. The minimum atomic E-state index is 0.0175. The summed E-state index contributed by atoms with van der Waals surface area (Å²) in [5.74, 6) is 0. The fourth-order valence-electron chi connectivity index (χ4n) is 10.5. The van der Waals surface area contributed by atoms with E-state index in [4.69, 9.17) is 8.83 Å². The summed E-state index contributed by atoms with van der Waals surface area (Å²) in [6.45, 7) is 6.79. The molecule has 58 heavy (non-hydrogen) atoms. The van der Waals surface area contributed by atoms with E-state index in [2.05, 4.69) is 170 Å². The lowest BCUT2D eigenvalue weighted by Gasteiger charge is -2.46. The maximum atomic E-state index is 6.43. The number of aryl methyl sites for hydroxylation is 3. The van der Waals surface area contributed by atoms with Crippen molar-refractivity contribution in [2.24, 2.45) is 0 Å². The highest BCUT2D eigenvalue weighted by Gasteiger charge is 2.42. The van der Waals surface area contributed by atoms with Crippen LogP contribution in [-0.2, 0) is 0 Å². The maximum absolute atomic E-state index is 6.43. The number of hydrogen-bond acceptors (Lipinski definition) is 4. The zero-order valence-corrected chi connectivity index (χ0v) is 32.3. The van der Waals surface area contributed by atoms with Crippen LogP contribution in [0.4, 0.5) is 34.1 Å². The van der Waals surface area contributed by atoms with Gasteiger partial charge in [0.1, 0.15) is 22.3 Å². The van der Waals surface area contributed by atoms with Gasteiger partial charge in [-0.3, -0.25) is 0 Å². The summed E-state index contributed by atoms with van der Waals surface area (Å²) in [5.41, 5.74) is 18.6. The number of furan rings is 2. The van der Waals surface area contributed by atoms with E-state index in [-0.39, 0.29) is 6.71 Å². The zero-order chi connectivity index (χ0) is 38.4. The van der Waals surface area contributed by atoms with E-state index in [1.165, 1.54) is 66.3 Å². The number of hydrogen-bond donors (Lipinski definition) is 0. The Hall–Kier alpha value is -7.24. The Kier molecular flexibility index (Phi) is 6.29. The van der Waals surface area contributed by atoms with Crippen LogP contribution in [0, 0.1) is 20.8 Å². The van der Waals surface area contributed by atoms with E-state index in [0.29, 0.717) is 0 Å². The summed E-state index contributed by atoms with van der Waals surface area (Å²) in [7, 11) is 0. The van der Waals surface area contributed by atoms with Crippen molar-refractivity contribution in [3.05, 3.63) is 174 Å². The topological polar surface area (TPSA) is 32.8 Å². The highest BCUT2D eigenvalue weighted by molar-refractivity contribution is 6.98. The number of nitrogens with zero attached hydrogens (tertiary/aromatic N) is 2. The van der Waals surface area contributed by atoms with E-state index in [0.717, 1.165) is 66.3 Å². The summed E-state index contributed by atoms with van der Waals surface area (Å²) in [5, 5.41) is 9.28. The first kappa shape index (κ1) is 31.9. The fourth-order valence-corrected chi connectivity index (χ4v) is 10.5. The molecule has 0 radical (unpaired) electrons. The minimum absolute atomic E-state index is 0.0175. The third-order valence-corrected chi connectivity index (χ3v) is 12.8. The Labute approximate surface area is 335 Å². The third kappa shape index (κ3) is 4.30. The van der Waals surface area contributed by atoms with Gasteiger partial charge in [-0.25, -0.2) is 0 Å². The molecule has 0 amide bonds. The number of benzene rings is 9. The van der Waals surface area contributed by atoms with Gasteiger partial charge in [0.2, 0.25) is 6.71 Å². The molecule has 0 spiro atoms. The van der Waals surface area contributed by atoms with E-state index in [1.54, 1.807) is 0 Å². The van der Waals surface area contributed by atoms with Gasteiger partial charge in [-0.1, -0.05) is 107 Å². The fraction of sp³-hybridized carbons (Fsp3) is 0.0566. The molecule has 5 heteroatoms. The predicted molar refractivity (Wildman–Crippen MR) is 244 cm³/mol. The Morgan fingerprint density at radius 3 is 1.69 bits per heavy atom. The predicted octanol–water partition coefficient (Wildman–Crippen LogP) is 12.8. The molecule has 0 saturated heterocycles. The molecule has 0 fully saturated rings. The lowest BCUT2D eigenvalue weighted by Crippen LogP contribution is -2.59. The Morgan fingerprint density at radius 2 is 0.983 bits per heavy atom. The second-order valence-electron chi connectivity index (χ2n) is 16.3. The normalized spacial score (nSPS) is 13.3. The quantitative estimate of drug-likeness (QED) is 0.165. The summed E-state index contributed by atoms with van der Waals surface area (Å²) >= 11 is 0. The van der Waals surface area contributed by atoms with Gasteiger partial charge in [0.15, 0.2) is 0 Å². The van der Waals surface area contributed by atoms with Crippen molar-refractivity contribution < 1.29 is 8.83 Å². The Balaban J connectivity index is 1.09. The monoisotopic (exact) mass is 742 g/mol. The van der Waals surface area contributed by atoms with Crippen molar-refractivity contribution in [3.8, 4) is 0 Å². The molecule has 272 valence electrons. The zero-order valence-electron chi connectivity index (χ0n) is 32.3. The van der Waals surface area contributed by atoms with E-state index >= 15 is 0 Å². The summed E-state index contributed by atoms with van der Waals surface area (Å²) in [6, 6.07) is 58.0. The smallest absolute Gasteiger partial charge is 0.247 e. The second kappa shape index (κ2) is 11.4. The highest BCUT2D eigenvalue weighted by atomic mass is 16.3. The summed E-state index contributed by atoms with van der Waals surface area (Å²) < 4.78 is 12.7. The van der Waals surface area contributed by atoms with E-state index in [1.807, 2.05) is 18.2 Å². The largest absolute Gasteiger partial charge is 0.456 e. The molecule has 0 aliphatic carbocycles. The second-order valence-corrected chi connectivity index (χ2v) is 16.3. The van der Waals surface area contributed by atoms with Gasteiger partial charge in [-0.2, -0.15) is 0 Å². The van der Waals surface area contributed by atoms with Gasteiger partial charge >= 0.3 is 0 Å². The van der Waals surface area contributed by atoms with Crippen molar-refractivity contribution in [2.45, 2.75) is 20.8 Å². The van der Waals surface area contributed by atoms with E-state index < -0.39 is 0 Å². The molecule has 2 aromatic heterocycles. The van der Waals surface area contributed by atoms with Crippen LogP contribution >= 0.6 is 0 Å². The van der Waals surface area contributed by atoms with Crippen molar-refractivity contribution >= 4 is 123 Å². The van der Waals surface area contributed by atoms with Gasteiger partial charge in [-0.15, -0.1) is 0 Å². The van der Waals surface area contributed by atoms with Gasteiger partial charge in [0, 0.05) is 32.9 Å². The number of fused-ring (bicyclic) bond motifs is 12. The molecule has 0 atom stereocenters. The molecule has 2 aliphatic rings. The van der Waals surface area contributed by atoms with Crippen LogP contribution in [0.25, 0.3) is 65.4 Å². The summed E-state index contributed by atoms with van der Waals surface area (Å²) in [4.78, 5) is 5.02. The summed E-state index contributed by atoms with van der Waals surface area (Å²) in [6.07, 6.45) is 0. The van der Waals surface area contributed by atoms with Crippen LogP contribution in [0.1, 0.15) is 16.7 Å². The van der Waals surface area contributed by atoms with Crippen molar-refractivity contribution in [1.82, 2.24) is 0 Å². The molecule has 4 nitrogen and oxygen atoms in total. The number of rotatable bonds is 2.